The molecule has 0 atom stereocenters. The molecule has 0 saturated carbocycles. The Morgan fingerprint density at radius 2 is 0.625 bits per heavy atom. The quantitative estimate of drug-likeness (QED) is 0.0889. The van der Waals surface area contributed by atoms with Gasteiger partial charge in [0.05, 0.1) is 0 Å². The molecule has 0 amide bonds. The van der Waals surface area contributed by atoms with Gasteiger partial charge in [0.25, 0.3) is 0 Å². The van der Waals surface area contributed by atoms with Gasteiger partial charge in [-0.25, -0.2) is 0 Å². The summed E-state index contributed by atoms with van der Waals surface area (Å²) in [5.74, 6) is 0. The van der Waals surface area contributed by atoms with Crippen molar-refractivity contribution in [2.75, 3.05) is 9.80 Å². The minimum Gasteiger partial charge on any atom is -0.311 e. The lowest BCUT2D eigenvalue weighted by atomic mass is 9.91. The first-order chi connectivity index (χ1) is 35.1. The van der Waals surface area contributed by atoms with E-state index in [4.69, 9.17) is 0 Å². The Morgan fingerprint density at radius 3 is 0.958 bits per heavy atom. The summed E-state index contributed by atoms with van der Waals surface area (Å²) in [7, 11) is 0. The van der Waals surface area contributed by atoms with E-state index < -0.39 is 0 Å². The molecule has 0 aliphatic rings. The van der Waals surface area contributed by atoms with Gasteiger partial charge in [0.1, 0.15) is 0 Å². The van der Waals surface area contributed by atoms with Crippen LogP contribution >= 0.6 is 11.3 Å². The molecule has 72 heavy (non-hydrogen) atoms. The molecule has 9 aromatic carbocycles. The third-order valence-corrected chi connectivity index (χ3v) is 14.2. The lowest BCUT2D eigenvalue weighted by molar-refractivity contribution is 1.27. The molecule has 3 heteroatoms. The molecule has 2 nitrogen and oxygen atoms in total. The number of anilines is 6. The maximum atomic E-state index is 2.31. The van der Waals surface area contributed by atoms with Crippen LogP contribution in [0.25, 0.3) is 58.0 Å². The molecule has 0 N–H and O–H groups in total. The van der Waals surface area contributed by atoms with Crippen molar-refractivity contribution in [1.82, 2.24) is 0 Å². The van der Waals surface area contributed by atoms with Crippen LogP contribution in [0.2, 0.25) is 0 Å². The molecule has 1 aromatic heterocycles. The van der Waals surface area contributed by atoms with Crippen molar-refractivity contribution < 1.29 is 0 Å². The third-order valence-electron chi connectivity index (χ3n) is 13.0. The highest BCUT2D eigenvalue weighted by atomic mass is 32.1. The van der Waals surface area contributed by atoms with E-state index >= 15 is 0 Å². The fraction of sp³-hybridized carbons (Fsp3) is 0.101. The van der Waals surface area contributed by atoms with Gasteiger partial charge in [-0.2, -0.15) is 0 Å². The highest BCUT2D eigenvalue weighted by molar-refractivity contribution is 7.14. The fourth-order valence-electron chi connectivity index (χ4n) is 9.14. The van der Waals surface area contributed by atoms with Crippen LogP contribution in [0.1, 0.15) is 73.7 Å². The van der Waals surface area contributed by atoms with E-state index in [1.54, 1.807) is 0 Å². The number of hydrogen-bond donors (Lipinski definition) is 0. The second-order valence-corrected chi connectivity index (χ2v) is 19.6. The number of aryl methyl sites for hydroxylation is 5. The fourth-order valence-corrected chi connectivity index (χ4v) is 10.2. The Balaban J connectivity index is 0.000000182. The van der Waals surface area contributed by atoms with E-state index in [0.717, 1.165) is 34.1 Å². The highest BCUT2D eigenvalue weighted by Crippen LogP contribution is 2.38. The van der Waals surface area contributed by atoms with Crippen LogP contribution in [0.4, 0.5) is 34.1 Å². The Bertz CT molecular complexity index is 3390. The zero-order chi connectivity index (χ0) is 50.0. The van der Waals surface area contributed by atoms with Gasteiger partial charge in [0.15, 0.2) is 0 Å². The average molecular weight is 951 g/mol. The minimum atomic E-state index is 1.14. The standard InChI is InChI=1S/C39H33N.C30H29NS/c1-4-9-34-35-10-5-7-12-37(35)39(38-13-8-6-11-36(34)38)27-20-30-18-25-33(26-19-30)40(31-21-14-28(2)15-22-31)32-23-16-29(3)17-24-32;1-5-6-30-24(4)21-29(32-30)20-13-25-11-18-28(19-12-25)31(26-14-7-22(2)8-15-26)27-16-9-23(3)10-17-27/h4-27H,1-3H3;5-21H,1-4H3. The predicted octanol–water partition coefficient (Wildman–Crippen LogP) is 20.6. The molecule has 10 aromatic rings. The summed E-state index contributed by atoms with van der Waals surface area (Å²) >= 11 is 1.83. The van der Waals surface area contributed by atoms with Gasteiger partial charge in [-0.05, 0) is 189 Å². The van der Waals surface area contributed by atoms with Crippen molar-refractivity contribution in [2.24, 2.45) is 0 Å². The van der Waals surface area contributed by atoms with Crippen LogP contribution in [0.15, 0.2) is 212 Å². The first-order valence-electron chi connectivity index (χ1n) is 24.9. The first-order valence-corrected chi connectivity index (χ1v) is 25.7. The summed E-state index contributed by atoms with van der Waals surface area (Å²) in [4.78, 5) is 7.22. The molecular formula is C69H62N2S. The number of allylic oxidation sites excluding steroid dienone is 2. The largest absolute Gasteiger partial charge is 0.311 e. The smallest absolute Gasteiger partial charge is 0.0462 e. The summed E-state index contributed by atoms with van der Waals surface area (Å²) in [6.45, 7) is 14.8. The summed E-state index contributed by atoms with van der Waals surface area (Å²) in [6.07, 6.45) is 17.5. The van der Waals surface area contributed by atoms with E-state index in [2.05, 4.69) is 307 Å². The average Bonchev–Trinajstić information content (AvgIpc) is 3.76. The van der Waals surface area contributed by atoms with Crippen molar-refractivity contribution in [1.29, 1.82) is 0 Å². The predicted molar refractivity (Wildman–Crippen MR) is 319 cm³/mol. The summed E-state index contributed by atoms with van der Waals surface area (Å²) in [5, 5.41) is 5.10. The molecule has 0 fully saturated rings. The topological polar surface area (TPSA) is 6.48 Å². The number of rotatable bonds is 12. The molecular weight excluding hydrogens is 889 g/mol. The van der Waals surface area contributed by atoms with Crippen LogP contribution in [0.3, 0.4) is 0 Å². The lowest BCUT2D eigenvalue weighted by Gasteiger charge is -2.26. The lowest BCUT2D eigenvalue weighted by Crippen LogP contribution is -2.09. The molecule has 0 bridgehead atoms. The van der Waals surface area contributed by atoms with Crippen molar-refractivity contribution in [3.8, 4) is 0 Å². The SMILES string of the molecule is CC=Cc1c2ccccc2c(C=Cc2ccc(N(c3ccc(C)cc3)c3ccc(C)cc3)cc2)c2ccccc12.CC=Cc1sc(C=Cc2ccc(N(c3ccc(C)cc3)c3ccc(C)cc3)cc2)cc1C. The van der Waals surface area contributed by atoms with Gasteiger partial charge >= 0.3 is 0 Å². The highest BCUT2D eigenvalue weighted by Gasteiger charge is 2.15. The maximum Gasteiger partial charge on any atom is 0.0462 e. The van der Waals surface area contributed by atoms with Gasteiger partial charge in [0.2, 0.25) is 0 Å². The van der Waals surface area contributed by atoms with Crippen LogP contribution in [-0.2, 0) is 0 Å². The van der Waals surface area contributed by atoms with E-state index in [1.165, 1.54) is 81.4 Å². The van der Waals surface area contributed by atoms with Gasteiger partial charge in [0, 0.05) is 43.9 Å². The second kappa shape index (κ2) is 22.7. The van der Waals surface area contributed by atoms with Crippen LogP contribution in [0, 0.1) is 34.6 Å². The molecule has 1 heterocycles. The van der Waals surface area contributed by atoms with Crippen LogP contribution < -0.4 is 9.80 Å². The Hall–Kier alpha value is -8.24. The van der Waals surface area contributed by atoms with E-state index in [-0.39, 0.29) is 0 Å². The maximum absolute atomic E-state index is 2.31. The number of benzene rings is 9. The molecule has 0 spiro atoms. The van der Waals surface area contributed by atoms with Crippen molar-refractivity contribution in [3.05, 3.63) is 272 Å². The van der Waals surface area contributed by atoms with E-state index in [9.17, 15) is 0 Å². The van der Waals surface area contributed by atoms with E-state index in [0.29, 0.717) is 0 Å². The Labute approximate surface area is 431 Å². The van der Waals surface area contributed by atoms with Crippen LogP contribution in [-0.4, -0.2) is 0 Å². The van der Waals surface area contributed by atoms with Crippen molar-refractivity contribution in [2.45, 2.75) is 48.5 Å². The van der Waals surface area contributed by atoms with Gasteiger partial charge in [-0.1, -0.05) is 180 Å². The minimum absolute atomic E-state index is 1.14. The van der Waals surface area contributed by atoms with Gasteiger partial charge < -0.3 is 9.80 Å². The summed E-state index contributed by atoms with van der Waals surface area (Å²) < 4.78 is 0. The van der Waals surface area contributed by atoms with Crippen LogP contribution in [0.5, 0.6) is 0 Å². The van der Waals surface area contributed by atoms with Crippen molar-refractivity contribution >= 4 is 103 Å². The molecule has 0 unspecified atom stereocenters. The molecule has 0 aliphatic carbocycles. The summed E-state index contributed by atoms with van der Waals surface area (Å²) in [5.41, 5.74) is 18.2. The molecule has 0 saturated heterocycles. The zero-order valence-corrected chi connectivity index (χ0v) is 43.3. The zero-order valence-electron chi connectivity index (χ0n) is 42.5. The normalized spacial score (nSPS) is 11.6. The number of thiophene rings is 1. The Morgan fingerprint density at radius 1 is 0.319 bits per heavy atom. The third kappa shape index (κ3) is 11.3. The number of nitrogens with zero attached hydrogens (tertiary/aromatic N) is 2. The monoisotopic (exact) mass is 950 g/mol. The molecule has 0 aliphatic heterocycles. The molecule has 354 valence electrons. The number of hydrogen-bond acceptors (Lipinski definition) is 3. The van der Waals surface area contributed by atoms with Gasteiger partial charge in [-0.3, -0.25) is 0 Å². The summed E-state index contributed by atoms with van der Waals surface area (Å²) in [6, 6.07) is 72.2. The second-order valence-electron chi connectivity index (χ2n) is 18.5. The van der Waals surface area contributed by atoms with E-state index in [1.807, 2.05) is 11.3 Å². The number of fused-ring (bicyclic) bond motifs is 2. The first kappa shape index (κ1) is 48.8. The Kier molecular flexibility index (Phi) is 15.4. The molecule has 10 rings (SSSR count). The van der Waals surface area contributed by atoms with Crippen molar-refractivity contribution in [3.63, 3.8) is 0 Å². The van der Waals surface area contributed by atoms with Gasteiger partial charge in [-0.15, -0.1) is 11.3 Å². The molecule has 0 radical (unpaired) electrons.